The van der Waals surface area contributed by atoms with Crippen LogP contribution in [-0.4, -0.2) is 81.1 Å². The van der Waals surface area contributed by atoms with Crippen LogP contribution in [-0.2, 0) is 14.3 Å². The highest BCUT2D eigenvalue weighted by atomic mass is 16.7. The Morgan fingerprint density at radius 2 is 1.06 bits per heavy atom. The van der Waals surface area contributed by atoms with E-state index in [0.717, 1.165) is 32.1 Å². The number of carbonyl (C=O) groups excluding carboxylic acids is 1. The number of aliphatic hydroxyl groups excluding tert-OH is 5. The van der Waals surface area contributed by atoms with Gasteiger partial charge in [0.05, 0.1) is 12.6 Å². The maximum atomic E-state index is 12.9. The zero-order valence-corrected chi connectivity index (χ0v) is 32.9. The highest BCUT2D eigenvalue weighted by molar-refractivity contribution is 5.76. The Hall–Kier alpha value is -1.07. The van der Waals surface area contributed by atoms with Gasteiger partial charge < -0.3 is 40.3 Å². The van der Waals surface area contributed by atoms with Gasteiger partial charge in [-0.25, -0.2) is 0 Å². The molecule has 1 rings (SSSR count). The van der Waals surface area contributed by atoms with E-state index in [1.807, 2.05) is 6.08 Å². The fourth-order valence-corrected chi connectivity index (χ4v) is 6.88. The van der Waals surface area contributed by atoms with Crippen LogP contribution in [0.2, 0.25) is 0 Å². The van der Waals surface area contributed by atoms with Crippen molar-refractivity contribution < 1.29 is 39.8 Å². The maximum Gasteiger partial charge on any atom is 0.220 e. The predicted molar refractivity (Wildman–Crippen MR) is 207 cm³/mol. The molecule has 0 aromatic heterocycles. The van der Waals surface area contributed by atoms with E-state index in [1.165, 1.54) is 141 Å². The summed E-state index contributed by atoms with van der Waals surface area (Å²) in [7, 11) is 0. The first-order valence-electron chi connectivity index (χ1n) is 21.4. The molecule has 0 aliphatic carbocycles. The summed E-state index contributed by atoms with van der Waals surface area (Å²) in [6, 6.07) is -0.796. The average Bonchev–Trinajstić information content (AvgIpc) is 3.12. The van der Waals surface area contributed by atoms with Crippen LogP contribution in [0.15, 0.2) is 12.2 Å². The summed E-state index contributed by atoms with van der Waals surface area (Å²) in [6.07, 6.45) is 29.7. The highest BCUT2D eigenvalue weighted by Gasteiger charge is 2.45. The zero-order valence-electron chi connectivity index (χ0n) is 32.9. The van der Waals surface area contributed by atoms with Gasteiger partial charge in [-0.2, -0.15) is 0 Å². The Balaban J connectivity index is 2.39. The number of carbonyl (C=O) groups is 1. The van der Waals surface area contributed by atoms with Crippen LogP contribution in [0.1, 0.15) is 200 Å². The van der Waals surface area contributed by atoms with Crippen LogP contribution in [0.25, 0.3) is 0 Å². The van der Waals surface area contributed by atoms with Crippen molar-refractivity contribution in [2.24, 2.45) is 0 Å². The number of unbranched alkanes of at least 4 members (excludes halogenated alkanes) is 25. The summed E-state index contributed by atoms with van der Waals surface area (Å²) in [5.41, 5.74) is 0. The minimum atomic E-state index is -1.63. The third kappa shape index (κ3) is 24.8. The van der Waals surface area contributed by atoms with Crippen molar-refractivity contribution in [1.82, 2.24) is 5.32 Å². The van der Waals surface area contributed by atoms with E-state index in [0.29, 0.717) is 12.8 Å². The second-order valence-electron chi connectivity index (χ2n) is 15.1. The van der Waals surface area contributed by atoms with E-state index in [9.17, 15) is 30.3 Å². The first kappa shape index (κ1) is 48.0. The number of hydrogen-bond acceptors (Lipinski definition) is 8. The number of nitrogens with one attached hydrogen (secondary N) is 1. The molecule has 1 amide bonds. The van der Waals surface area contributed by atoms with E-state index in [2.05, 4.69) is 25.2 Å². The first-order chi connectivity index (χ1) is 24.8. The molecule has 302 valence electrons. The molecule has 1 aliphatic heterocycles. The molecule has 0 aromatic rings. The lowest BCUT2D eigenvalue weighted by atomic mass is 9.99. The molecule has 7 atom stereocenters. The van der Waals surface area contributed by atoms with E-state index >= 15 is 0 Å². The Morgan fingerprint density at radius 1 is 0.627 bits per heavy atom. The third-order valence-electron chi connectivity index (χ3n) is 10.4. The van der Waals surface area contributed by atoms with Crippen LogP contribution in [0.4, 0.5) is 0 Å². The van der Waals surface area contributed by atoms with Gasteiger partial charge in [-0.05, 0) is 25.7 Å². The molecular formula is C42H81NO8. The molecule has 51 heavy (non-hydrogen) atoms. The number of allylic oxidation sites excluding steroid dienone is 1. The van der Waals surface area contributed by atoms with Crippen LogP contribution in [0.3, 0.4) is 0 Å². The van der Waals surface area contributed by atoms with Crippen LogP contribution in [0, 0.1) is 0 Å². The quantitative estimate of drug-likeness (QED) is 0.0216. The maximum absolute atomic E-state index is 12.9. The van der Waals surface area contributed by atoms with E-state index in [4.69, 9.17) is 9.47 Å². The second kappa shape index (κ2) is 33.5. The lowest BCUT2D eigenvalue weighted by Crippen LogP contribution is -2.60. The summed E-state index contributed by atoms with van der Waals surface area (Å²) in [5, 5.41) is 54.0. The van der Waals surface area contributed by atoms with Crippen molar-refractivity contribution in [3.8, 4) is 0 Å². The summed E-state index contributed by atoms with van der Waals surface area (Å²) >= 11 is 0. The minimum Gasteiger partial charge on any atom is -0.394 e. The molecule has 0 radical (unpaired) electrons. The van der Waals surface area contributed by atoms with Crippen molar-refractivity contribution in [2.75, 3.05) is 6.61 Å². The number of ether oxygens (including phenoxy) is 2. The molecule has 1 aliphatic rings. The molecule has 1 saturated heterocycles. The van der Waals surface area contributed by atoms with Gasteiger partial charge in [0.1, 0.15) is 24.4 Å². The predicted octanol–water partition coefficient (Wildman–Crippen LogP) is 8.52. The fourth-order valence-electron chi connectivity index (χ4n) is 6.88. The molecular weight excluding hydrogens is 646 g/mol. The molecule has 0 aromatic carbocycles. The Labute approximate surface area is 312 Å². The third-order valence-corrected chi connectivity index (χ3v) is 10.4. The summed E-state index contributed by atoms with van der Waals surface area (Å²) in [4.78, 5) is 12.9. The molecule has 1 fully saturated rings. The van der Waals surface area contributed by atoms with Crippen LogP contribution >= 0.6 is 0 Å². The van der Waals surface area contributed by atoms with E-state index < -0.39 is 49.6 Å². The van der Waals surface area contributed by atoms with Crippen molar-refractivity contribution in [1.29, 1.82) is 0 Å². The lowest BCUT2D eigenvalue weighted by Gasteiger charge is -2.40. The van der Waals surface area contributed by atoms with Gasteiger partial charge in [0.2, 0.25) is 5.91 Å². The molecule has 9 heteroatoms. The van der Waals surface area contributed by atoms with Crippen LogP contribution < -0.4 is 5.32 Å². The lowest BCUT2D eigenvalue weighted by molar-refractivity contribution is -0.334. The van der Waals surface area contributed by atoms with Crippen molar-refractivity contribution in [3.63, 3.8) is 0 Å². The molecule has 1 heterocycles. The van der Waals surface area contributed by atoms with Gasteiger partial charge in [-0.1, -0.05) is 180 Å². The van der Waals surface area contributed by atoms with Crippen molar-refractivity contribution >= 4 is 5.91 Å². The van der Waals surface area contributed by atoms with Gasteiger partial charge in [0.15, 0.2) is 12.6 Å². The first-order valence-corrected chi connectivity index (χ1v) is 21.4. The molecule has 9 nitrogen and oxygen atoms in total. The van der Waals surface area contributed by atoms with Gasteiger partial charge in [-0.3, -0.25) is 4.79 Å². The SMILES string of the molecule is CCCCCCCCCCCCCC=CCC(NC(=O)CCCCCCCCCCCCCCCCC)C(O)O[C@H]1O[C@H](CO)[C@H](O)[C@H](O)[C@H]1O. The monoisotopic (exact) mass is 728 g/mol. The van der Waals surface area contributed by atoms with E-state index in [1.54, 1.807) is 0 Å². The molecule has 2 unspecified atom stereocenters. The number of rotatable bonds is 35. The average molecular weight is 728 g/mol. The summed E-state index contributed by atoms with van der Waals surface area (Å²) in [6.45, 7) is 3.92. The summed E-state index contributed by atoms with van der Waals surface area (Å²) < 4.78 is 11.0. The summed E-state index contributed by atoms with van der Waals surface area (Å²) in [5.74, 6) is -0.176. The molecule has 0 saturated carbocycles. The van der Waals surface area contributed by atoms with Gasteiger partial charge in [-0.15, -0.1) is 0 Å². The second-order valence-corrected chi connectivity index (χ2v) is 15.1. The molecule has 6 N–H and O–H groups in total. The smallest absolute Gasteiger partial charge is 0.220 e. The number of amides is 1. The fraction of sp³-hybridized carbons (Fsp3) is 0.929. The van der Waals surface area contributed by atoms with Gasteiger partial charge in [0, 0.05) is 6.42 Å². The Morgan fingerprint density at radius 3 is 1.51 bits per heavy atom. The van der Waals surface area contributed by atoms with Crippen LogP contribution in [0.5, 0.6) is 0 Å². The normalized spacial score (nSPS) is 22.1. The van der Waals surface area contributed by atoms with Gasteiger partial charge in [0.25, 0.3) is 0 Å². The van der Waals surface area contributed by atoms with Crippen molar-refractivity contribution in [3.05, 3.63) is 12.2 Å². The zero-order chi connectivity index (χ0) is 37.4. The van der Waals surface area contributed by atoms with Gasteiger partial charge >= 0.3 is 0 Å². The Kier molecular flexibility index (Phi) is 31.5. The molecule has 0 spiro atoms. The topological polar surface area (TPSA) is 149 Å². The van der Waals surface area contributed by atoms with Crippen molar-refractivity contribution in [2.45, 2.75) is 243 Å². The molecule has 0 bridgehead atoms. The minimum absolute atomic E-state index is 0.176. The largest absolute Gasteiger partial charge is 0.394 e. The standard InChI is InChI=1S/C42H81NO8/c1-3-5-7-9-11-13-15-17-19-21-23-25-27-29-31-33-37(45)43-35(41(49)51-42-40(48)39(47)38(46)36(34-44)50-42)32-30-28-26-24-22-20-18-16-14-12-10-8-6-4-2/h28,30,35-36,38-42,44,46-49H,3-27,29,31-34H2,1-2H3,(H,43,45)/t35?,36-,38+,39+,40-,41?,42-/m1/s1. The number of hydrogen-bond donors (Lipinski definition) is 6. The van der Waals surface area contributed by atoms with E-state index in [-0.39, 0.29) is 5.91 Å². The Bertz CT molecular complexity index is 812. The highest BCUT2D eigenvalue weighted by Crippen LogP contribution is 2.24. The number of aliphatic hydroxyl groups is 5.